The number of nitrogens with zero attached hydrogens (tertiary/aromatic N) is 2. The van der Waals surface area contributed by atoms with E-state index < -0.39 is 12.3 Å². The lowest BCUT2D eigenvalue weighted by Gasteiger charge is -2.23. The number of amides is 2. The number of rotatable bonds is 6. The van der Waals surface area contributed by atoms with E-state index in [1.807, 2.05) is 38.1 Å². The number of hydrogen-bond acceptors (Lipinski definition) is 6. The molecule has 0 radical (unpaired) electrons. The van der Waals surface area contributed by atoms with Gasteiger partial charge in [0.05, 0.1) is 16.3 Å². The summed E-state index contributed by atoms with van der Waals surface area (Å²) in [5, 5.41) is 3.58. The van der Waals surface area contributed by atoms with Crippen molar-refractivity contribution in [3.8, 4) is 16.9 Å². The molecule has 3 aromatic rings. The lowest BCUT2D eigenvalue weighted by Crippen LogP contribution is -2.32. The van der Waals surface area contributed by atoms with E-state index in [0.717, 1.165) is 31.8 Å². The standard InChI is InChI=1S/C25H25ClFN3O3S/c1-3-19(30-22(31)4-5-23(30)32)21-10-18-25(34-21)15(6-7-29-18)16-9-14(26)8-13(2)24(16)33-20-12-28-11-17(20)27/h6-10,17,19-20,28H,3-5,11-12H2,1-2H3/t17-,19-,20+/m0/s1. The van der Waals surface area contributed by atoms with Crippen molar-refractivity contribution >= 4 is 45.0 Å². The van der Waals surface area contributed by atoms with Crippen LogP contribution in [0.2, 0.25) is 5.02 Å². The summed E-state index contributed by atoms with van der Waals surface area (Å²) in [4.78, 5) is 31.6. The zero-order valence-corrected chi connectivity index (χ0v) is 20.5. The number of thiophene rings is 1. The number of likely N-dealkylation sites (tertiary alicyclic amines) is 1. The van der Waals surface area contributed by atoms with Crippen LogP contribution in [0.3, 0.4) is 0 Å². The van der Waals surface area contributed by atoms with Gasteiger partial charge in [0.1, 0.15) is 11.9 Å². The topological polar surface area (TPSA) is 71.5 Å². The number of carbonyl (C=O) groups is 2. The highest BCUT2D eigenvalue weighted by Gasteiger charge is 2.36. The average Bonchev–Trinajstić information content (AvgIpc) is 3.50. The van der Waals surface area contributed by atoms with Gasteiger partial charge in [-0.1, -0.05) is 18.5 Å². The Hall–Kier alpha value is -2.55. The highest BCUT2D eigenvalue weighted by molar-refractivity contribution is 7.19. The number of pyridine rings is 1. The van der Waals surface area contributed by atoms with Gasteiger partial charge in [0, 0.05) is 53.2 Å². The maximum Gasteiger partial charge on any atom is 0.230 e. The number of ether oxygens (including phenoxy) is 1. The van der Waals surface area contributed by atoms with E-state index in [9.17, 15) is 14.0 Å². The monoisotopic (exact) mass is 501 g/mol. The van der Waals surface area contributed by atoms with Crippen molar-refractivity contribution in [1.29, 1.82) is 0 Å². The van der Waals surface area contributed by atoms with E-state index in [0.29, 0.717) is 23.7 Å². The molecule has 6 nitrogen and oxygen atoms in total. The Morgan fingerprint density at radius 1 is 1.24 bits per heavy atom. The van der Waals surface area contributed by atoms with Crippen molar-refractivity contribution in [2.45, 2.75) is 51.4 Å². The molecule has 2 fully saturated rings. The maximum absolute atomic E-state index is 14.3. The van der Waals surface area contributed by atoms with Crippen molar-refractivity contribution in [3.05, 3.63) is 45.9 Å². The van der Waals surface area contributed by atoms with Gasteiger partial charge in [-0.15, -0.1) is 11.3 Å². The molecule has 9 heteroatoms. The largest absolute Gasteiger partial charge is 0.485 e. The zero-order chi connectivity index (χ0) is 24.0. The first-order valence-electron chi connectivity index (χ1n) is 11.4. The first-order valence-corrected chi connectivity index (χ1v) is 12.6. The van der Waals surface area contributed by atoms with Crippen LogP contribution < -0.4 is 10.1 Å². The van der Waals surface area contributed by atoms with Crippen molar-refractivity contribution in [2.75, 3.05) is 13.1 Å². The Kier molecular flexibility index (Phi) is 6.31. The summed E-state index contributed by atoms with van der Waals surface area (Å²) in [6.45, 7) is 4.58. The van der Waals surface area contributed by atoms with E-state index in [2.05, 4.69) is 10.3 Å². The van der Waals surface area contributed by atoms with E-state index in [-0.39, 0.29) is 37.2 Å². The summed E-state index contributed by atoms with van der Waals surface area (Å²) in [5.74, 6) is 0.337. The number of alkyl halides is 1. The number of halogens is 2. The van der Waals surface area contributed by atoms with Crippen LogP contribution >= 0.6 is 22.9 Å². The van der Waals surface area contributed by atoms with Crippen molar-refractivity contribution in [2.24, 2.45) is 0 Å². The number of carbonyl (C=O) groups excluding carboxylic acids is 2. The van der Waals surface area contributed by atoms with E-state index in [1.165, 1.54) is 16.2 Å². The molecule has 0 bridgehead atoms. The highest BCUT2D eigenvalue weighted by atomic mass is 35.5. The number of hydrogen-bond donors (Lipinski definition) is 1. The van der Waals surface area contributed by atoms with Gasteiger partial charge in [-0.3, -0.25) is 19.5 Å². The van der Waals surface area contributed by atoms with Gasteiger partial charge in [0.25, 0.3) is 0 Å². The van der Waals surface area contributed by atoms with Crippen molar-refractivity contribution in [1.82, 2.24) is 15.2 Å². The second kappa shape index (κ2) is 9.24. The molecule has 178 valence electrons. The van der Waals surface area contributed by atoms with Crippen molar-refractivity contribution in [3.63, 3.8) is 0 Å². The van der Waals surface area contributed by atoms with Gasteiger partial charge >= 0.3 is 0 Å². The summed E-state index contributed by atoms with van der Waals surface area (Å²) < 4.78 is 21.4. The van der Waals surface area contributed by atoms with Crippen LogP contribution in [0.4, 0.5) is 4.39 Å². The van der Waals surface area contributed by atoms with Gasteiger partial charge in [-0.25, -0.2) is 4.39 Å². The number of imide groups is 1. The Labute approximate surface area is 206 Å². The third-order valence-electron chi connectivity index (χ3n) is 6.43. The summed E-state index contributed by atoms with van der Waals surface area (Å²) in [6.07, 6.45) is 1.20. The molecule has 34 heavy (non-hydrogen) atoms. The first-order chi connectivity index (χ1) is 16.4. The van der Waals surface area contributed by atoms with Gasteiger partial charge in [-0.2, -0.15) is 0 Å². The molecule has 1 aromatic carbocycles. The molecule has 5 rings (SSSR count). The second-order valence-corrected chi connectivity index (χ2v) is 10.3. The fourth-order valence-corrected chi connectivity index (χ4v) is 6.35. The molecule has 1 N–H and O–H groups in total. The fourth-order valence-electron chi connectivity index (χ4n) is 4.76. The van der Waals surface area contributed by atoms with Crippen LogP contribution in [0.5, 0.6) is 5.75 Å². The smallest absolute Gasteiger partial charge is 0.230 e. The Bertz CT molecular complexity index is 1260. The lowest BCUT2D eigenvalue weighted by atomic mass is 10.0. The predicted octanol–water partition coefficient (Wildman–Crippen LogP) is 5.21. The number of nitrogens with one attached hydrogen (secondary N) is 1. The molecular formula is C25H25ClFN3O3S. The first kappa shape index (κ1) is 23.2. The summed E-state index contributed by atoms with van der Waals surface area (Å²) >= 11 is 7.94. The molecule has 2 aliphatic rings. The molecule has 2 aliphatic heterocycles. The van der Waals surface area contributed by atoms with E-state index in [1.54, 1.807) is 6.20 Å². The molecule has 3 atom stereocenters. The minimum absolute atomic E-state index is 0.130. The lowest BCUT2D eigenvalue weighted by molar-refractivity contribution is -0.141. The fraction of sp³-hybridized carbons (Fsp3) is 0.400. The third-order valence-corrected chi connectivity index (χ3v) is 7.91. The van der Waals surface area contributed by atoms with Gasteiger partial charge in [0.15, 0.2) is 6.17 Å². The third kappa shape index (κ3) is 4.08. The minimum atomic E-state index is -1.09. The molecule has 2 aromatic heterocycles. The molecule has 0 unspecified atom stereocenters. The normalized spacial score (nSPS) is 21.6. The molecular weight excluding hydrogens is 477 g/mol. The molecule has 2 saturated heterocycles. The summed E-state index contributed by atoms with van der Waals surface area (Å²) in [6, 6.07) is 7.17. The Morgan fingerprint density at radius 2 is 2.00 bits per heavy atom. The molecule has 2 amide bonds. The number of aryl methyl sites for hydroxylation is 1. The van der Waals surface area contributed by atoms with Gasteiger partial charge in [0.2, 0.25) is 11.8 Å². The van der Waals surface area contributed by atoms with Gasteiger partial charge < -0.3 is 10.1 Å². The zero-order valence-electron chi connectivity index (χ0n) is 18.9. The molecule has 0 saturated carbocycles. The van der Waals surface area contributed by atoms with Crippen molar-refractivity contribution < 1.29 is 18.7 Å². The minimum Gasteiger partial charge on any atom is -0.485 e. The SMILES string of the molecule is CC[C@@H](c1cc2nccc(-c3cc(Cl)cc(C)c3O[C@@H]3CNC[C@@H]3F)c2s1)N1C(=O)CCC1=O. The van der Waals surface area contributed by atoms with Crippen LogP contribution in [-0.2, 0) is 9.59 Å². The maximum atomic E-state index is 14.3. The number of fused-ring (bicyclic) bond motifs is 1. The summed E-state index contributed by atoms with van der Waals surface area (Å²) in [5.41, 5.74) is 3.23. The average molecular weight is 502 g/mol. The van der Waals surface area contributed by atoms with E-state index >= 15 is 0 Å². The Balaban J connectivity index is 1.61. The predicted molar refractivity (Wildman–Crippen MR) is 131 cm³/mol. The number of benzene rings is 1. The number of aromatic nitrogens is 1. The van der Waals surface area contributed by atoms with Crippen LogP contribution in [0, 0.1) is 6.92 Å². The molecule has 0 aliphatic carbocycles. The highest BCUT2D eigenvalue weighted by Crippen LogP contribution is 2.44. The summed E-state index contributed by atoms with van der Waals surface area (Å²) in [7, 11) is 0. The van der Waals surface area contributed by atoms with Crippen LogP contribution in [0.25, 0.3) is 21.3 Å². The Morgan fingerprint density at radius 3 is 2.68 bits per heavy atom. The van der Waals surface area contributed by atoms with Crippen LogP contribution in [0.1, 0.15) is 42.7 Å². The quantitative estimate of drug-likeness (QED) is 0.469. The van der Waals surface area contributed by atoms with E-state index in [4.69, 9.17) is 16.3 Å². The van der Waals surface area contributed by atoms with Crippen LogP contribution in [0.15, 0.2) is 30.5 Å². The van der Waals surface area contributed by atoms with Crippen LogP contribution in [-0.4, -0.2) is 47.1 Å². The molecule has 4 heterocycles. The molecule has 0 spiro atoms. The second-order valence-electron chi connectivity index (χ2n) is 8.73. The van der Waals surface area contributed by atoms with Gasteiger partial charge in [-0.05, 0) is 43.2 Å².